The van der Waals surface area contributed by atoms with Gasteiger partial charge in [-0.15, -0.1) is 11.3 Å². The smallest absolute Gasteiger partial charge is 0.249 e. The lowest BCUT2D eigenvalue weighted by Gasteiger charge is -2.34. The summed E-state index contributed by atoms with van der Waals surface area (Å²) in [5, 5.41) is 18.0. The highest BCUT2D eigenvalue weighted by atomic mass is 32.1. The summed E-state index contributed by atoms with van der Waals surface area (Å²) in [6.45, 7) is 11.1. The molecule has 3 N–H and O–H groups in total. The van der Waals surface area contributed by atoms with Gasteiger partial charge in [0, 0.05) is 11.6 Å². The zero-order chi connectivity index (χ0) is 20.8. The number of amides is 3. The van der Waals surface area contributed by atoms with E-state index in [4.69, 9.17) is 0 Å². The molecule has 8 nitrogen and oxygen atoms in total. The van der Waals surface area contributed by atoms with Crippen LogP contribution in [0.4, 0.5) is 5.13 Å². The number of nitrogens with zero attached hydrogens (tertiary/aromatic N) is 2. The number of anilines is 1. The van der Waals surface area contributed by atoms with E-state index in [0.717, 1.165) is 0 Å². The monoisotopic (exact) mass is 398 g/mol. The van der Waals surface area contributed by atoms with Gasteiger partial charge >= 0.3 is 0 Å². The largest absolute Gasteiger partial charge is 0.343 e. The van der Waals surface area contributed by atoms with Gasteiger partial charge in [0.2, 0.25) is 18.2 Å². The molecule has 3 atom stereocenters. The van der Waals surface area contributed by atoms with Crippen LogP contribution in [0.2, 0.25) is 0 Å². The maximum atomic E-state index is 12.9. The molecule has 0 radical (unpaired) electrons. The SMILES string of the molecule is CC(C)C[C@@H](C(=O)N[C@@H](C(=O)Nc1nccs1)C(C)(C)C)[C@H](C)N(O)C=O. The van der Waals surface area contributed by atoms with Crippen LogP contribution in [0, 0.1) is 17.3 Å². The third-order valence-corrected chi connectivity index (χ3v) is 4.94. The Balaban J connectivity index is 3.00. The molecular formula is C18H30N4O4S. The number of hydroxylamine groups is 2. The van der Waals surface area contributed by atoms with Crippen molar-refractivity contribution in [3.63, 3.8) is 0 Å². The normalized spacial score (nSPS) is 15.0. The molecule has 9 heteroatoms. The van der Waals surface area contributed by atoms with Crippen LogP contribution in [0.3, 0.4) is 0 Å². The number of nitrogens with one attached hydrogen (secondary N) is 2. The summed E-state index contributed by atoms with van der Waals surface area (Å²) in [6, 6.07) is -1.52. The molecule has 3 amide bonds. The predicted molar refractivity (Wildman–Crippen MR) is 104 cm³/mol. The van der Waals surface area contributed by atoms with Gasteiger partial charge in [0.05, 0.1) is 12.0 Å². The number of carbonyl (C=O) groups is 3. The van der Waals surface area contributed by atoms with Crippen LogP contribution in [-0.4, -0.2) is 45.6 Å². The average Bonchev–Trinajstić information content (AvgIpc) is 3.07. The fraction of sp³-hybridized carbons (Fsp3) is 0.667. The lowest BCUT2D eigenvalue weighted by atomic mass is 9.84. The van der Waals surface area contributed by atoms with E-state index in [1.165, 1.54) is 11.3 Å². The van der Waals surface area contributed by atoms with Crippen molar-refractivity contribution in [1.82, 2.24) is 15.4 Å². The van der Waals surface area contributed by atoms with E-state index >= 15 is 0 Å². The van der Waals surface area contributed by atoms with Crippen molar-refractivity contribution >= 4 is 34.7 Å². The van der Waals surface area contributed by atoms with Crippen LogP contribution in [-0.2, 0) is 14.4 Å². The zero-order valence-corrected chi connectivity index (χ0v) is 17.5. The summed E-state index contributed by atoms with van der Waals surface area (Å²) in [7, 11) is 0. The lowest BCUT2D eigenvalue weighted by Crippen LogP contribution is -2.55. The summed E-state index contributed by atoms with van der Waals surface area (Å²) in [5.41, 5.74) is -0.549. The third kappa shape index (κ3) is 6.91. The third-order valence-electron chi connectivity index (χ3n) is 4.25. The maximum absolute atomic E-state index is 12.9. The van der Waals surface area contributed by atoms with Gasteiger partial charge < -0.3 is 10.6 Å². The van der Waals surface area contributed by atoms with Gasteiger partial charge in [0.1, 0.15) is 6.04 Å². The van der Waals surface area contributed by atoms with Crippen LogP contribution >= 0.6 is 11.3 Å². The quantitative estimate of drug-likeness (QED) is 0.336. The molecule has 0 saturated heterocycles. The maximum Gasteiger partial charge on any atom is 0.249 e. The highest BCUT2D eigenvalue weighted by molar-refractivity contribution is 7.13. The van der Waals surface area contributed by atoms with Crippen LogP contribution in [0.1, 0.15) is 48.0 Å². The summed E-state index contributed by atoms with van der Waals surface area (Å²) < 4.78 is 0. The van der Waals surface area contributed by atoms with Crippen molar-refractivity contribution in [1.29, 1.82) is 0 Å². The minimum absolute atomic E-state index is 0.167. The van der Waals surface area contributed by atoms with Crippen LogP contribution in [0.15, 0.2) is 11.6 Å². The topological polar surface area (TPSA) is 112 Å². The Morgan fingerprint density at radius 1 is 1.30 bits per heavy atom. The van der Waals surface area contributed by atoms with E-state index in [1.54, 1.807) is 18.5 Å². The molecule has 0 aliphatic rings. The standard InChI is InChI=1S/C18H30N4O4S/c1-11(2)9-13(12(3)22(26)10-23)15(24)20-14(18(4,5)6)16(25)21-17-19-7-8-27-17/h7-8,10-14,26H,9H2,1-6H3,(H,20,24)(H,19,21,25)/t12-,13+,14-/m0/s1. The van der Waals surface area contributed by atoms with Gasteiger partial charge in [-0.2, -0.15) is 0 Å². The number of hydrogen-bond donors (Lipinski definition) is 3. The molecular weight excluding hydrogens is 368 g/mol. The minimum Gasteiger partial charge on any atom is -0.343 e. The van der Waals surface area contributed by atoms with Crippen molar-refractivity contribution in [2.75, 3.05) is 5.32 Å². The molecule has 0 unspecified atom stereocenters. The first kappa shape index (κ1) is 23.0. The Kier molecular flexibility index (Phi) is 8.36. The second-order valence-electron chi connectivity index (χ2n) is 8.10. The zero-order valence-electron chi connectivity index (χ0n) is 16.7. The highest BCUT2D eigenvalue weighted by Crippen LogP contribution is 2.24. The molecule has 0 bridgehead atoms. The van der Waals surface area contributed by atoms with Crippen LogP contribution < -0.4 is 10.6 Å². The summed E-state index contributed by atoms with van der Waals surface area (Å²) in [6.07, 6.45) is 2.32. The number of rotatable bonds is 9. The second-order valence-corrected chi connectivity index (χ2v) is 8.99. The Hall–Kier alpha value is -2.00. The van der Waals surface area contributed by atoms with Gasteiger partial charge in [-0.3, -0.25) is 19.6 Å². The number of thiazole rings is 1. The molecule has 0 saturated carbocycles. The van der Waals surface area contributed by atoms with E-state index in [1.807, 2.05) is 34.6 Å². The van der Waals surface area contributed by atoms with Gasteiger partial charge in [-0.25, -0.2) is 10.0 Å². The number of carbonyl (C=O) groups excluding carboxylic acids is 3. The van der Waals surface area contributed by atoms with Crippen molar-refractivity contribution < 1.29 is 19.6 Å². The fourth-order valence-electron chi connectivity index (χ4n) is 2.70. The van der Waals surface area contributed by atoms with Crippen molar-refractivity contribution in [3.05, 3.63) is 11.6 Å². The van der Waals surface area contributed by atoms with Crippen LogP contribution in [0.25, 0.3) is 0 Å². The summed E-state index contributed by atoms with van der Waals surface area (Å²) >= 11 is 1.29. The van der Waals surface area contributed by atoms with Gasteiger partial charge in [-0.1, -0.05) is 34.6 Å². The first-order valence-electron chi connectivity index (χ1n) is 8.90. The highest BCUT2D eigenvalue weighted by Gasteiger charge is 2.37. The van der Waals surface area contributed by atoms with Gasteiger partial charge in [-0.05, 0) is 24.7 Å². The van der Waals surface area contributed by atoms with Crippen LogP contribution in [0.5, 0.6) is 0 Å². The van der Waals surface area contributed by atoms with E-state index < -0.39 is 23.4 Å². The Labute approximate surface area is 164 Å². The van der Waals surface area contributed by atoms with Crippen molar-refractivity contribution in [2.24, 2.45) is 17.3 Å². The Morgan fingerprint density at radius 3 is 2.37 bits per heavy atom. The Morgan fingerprint density at radius 2 is 1.93 bits per heavy atom. The number of aromatic nitrogens is 1. The minimum atomic E-state index is -0.806. The predicted octanol–water partition coefficient (Wildman–Crippen LogP) is 2.51. The Bertz CT molecular complexity index is 628. The first-order valence-corrected chi connectivity index (χ1v) is 9.78. The van der Waals surface area contributed by atoms with Crippen molar-refractivity contribution in [2.45, 2.75) is 60.0 Å². The molecule has 1 rings (SSSR count). The molecule has 0 aliphatic carbocycles. The lowest BCUT2D eigenvalue weighted by molar-refractivity contribution is -0.166. The molecule has 0 aliphatic heterocycles. The van der Waals surface area contributed by atoms with E-state index in [2.05, 4.69) is 15.6 Å². The van der Waals surface area contributed by atoms with E-state index in [9.17, 15) is 19.6 Å². The second kappa shape index (κ2) is 9.80. The molecule has 0 aromatic carbocycles. The van der Waals surface area contributed by atoms with E-state index in [0.29, 0.717) is 16.6 Å². The first-order chi connectivity index (χ1) is 12.5. The summed E-state index contributed by atoms with van der Waals surface area (Å²) in [5.74, 6) is -1.23. The molecule has 0 spiro atoms. The molecule has 1 aromatic rings. The van der Waals surface area contributed by atoms with Crippen molar-refractivity contribution in [3.8, 4) is 0 Å². The molecule has 1 heterocycles. The average molecular weight is 399 g/mol. The molecule has 0 fully saturated rings. The molecule has 152 valence electrons. The molecule has 27 heavy (non-hydrogen) atoms. The fourth-order valence-corrected chi connectivity index (χ4v) is 3.23. The van der Waals surface area contributed by atoms with E-state index in [-0.39, 0.29) is 24.1 Å². The number of hydrogen-bond acceptors (Lipinski definition) is 6. The van der Waals surface area contributed by atoms with Gasteiger partial charge in [0.15, 0.2) is 5.13 Å². The van der Waals surface area contributed by atoms with Gasteiger partial charge in [0.25, 0.3) is 0 Å². The molecule has 1 aromatic heterocycles. The summed E-state index contributed by atoms with van der Waals surface area (Å²) in [4.78, 5) is 40.6.